The van der Waals surface area contributed by atoms with Gasteiger partial charge in [-0.2, -0.15) is 0 Å². The maximum absolute atomic E-state index is 4.57. The van der Waals surface area contributed by atoms with Crippen molar-refractivity contribution in [3.8, 4) is 10.7 Å². The van der Waals surface area contributed by atoms with Crippen LogP contribution in [0.4, 0.5) is 0 Å². The first-order valence-electron chi connectivity index (χ1n) is 8.17. The molecule has 1 fully saturated rings. The van der Waals surface area contributed by atoms with Crippen molar-refractivity contribution in [1.29, 1.82) is 0 Å². The molecule has 0 aromatic carbocycles. The molecule has 0 amide bonds. The fraction of sp³-hybridized carbons (Fsp3) is 0.412. The Kier molecular flexibility index (Phi) is 4.26. The summed E-state index contributed by atoms with van der Waals surface area (Å²) in [6, 6.07) is 2.30. The summed E-state index contributed by atoms with van der Waals surface area (Å²) in [4.78, 5) is 15.6. The average Bonchev–Trinajstić information content (AvgIpc) is 3.34. The number of aromatic nitrogens is 4. The summed E-state index contributed by atoms with van der Waals surface area (Å²) in [7, 11) is 0. The van der Waals surface area contributed by atoms with Crippen molar-refractivity contribution in [1.82, 2.24) is 24.4 Å². The van der Waals surface area contributed by atoms with Crippen molar-refractivity contribution in [2.75, 3.05) is 13.1 Å². The van der Waals surface area contributed by atoms with Gasteiger partial charge in [0.15, 0.2) is 0 Å². The van der Waals surface area contributed by atoms with Gasteiger partial charge in [0.25, 0.3) is 0 Å². The normalized spacial score (nSPS) is 15.5. The molecule has 0 bridgehead atoms. The second-order valence-corrected chi connectivity index (χ2v) is 6.98. The number of nitrogens with zero attached hydrogens (tertiary/aromatic N) is 4. The molecule has 6 heteroatoms. The van der Waals surface area contributed by atoms with E-state index >= 15 is 0 Å². The molecule has 0 unspecified atom stereocenters. The predicted molar refractivity (Wildman–Crippen MR) is 92.3 cm³/mol. The molecule has 4 rings (SSSR count). The summed E-state index contributed by atoms with van der Waals surface area (Å²) in [5, 5.41) is 2.28. The summed E-state index contributed by atoms with van der Waals surface area (Å²) in [5.74, 6) is 1.07. The highest BCUT2D eigenvalue weighted by atomic mass is 32.1. The Labute approximate surface area is 140 Å². The molecule has 4 heterocycles. The zero-order chi connectivity index (χ0) is 15.5. The lowest BCUT2D eigenvalue weighted by atomic mass is 10.3. The molecule has 3 aromatic heterocycles. The third kappa shape index (κ3) is 3.38. The molecule has 1 aliphatic rings. The molecule has 0 saturated carbocycles. The van der Waals surface area contributed by atoms with Crippen molar-refractivity contribution in [3.05, 3.63) is 47.6 Å². The lowest BCUT2D eigenvalue weighted by molar-refractivity contribution is 0.332. The Morgan fingerprint density at radius 2 is 2.17 bits per heavy atom. The average molecular weight is 327 g/mol. The van der Waals surface area contributed by atoms with Gasteiger partial charge in [-0.25, -0.2) is 9.97 Å². The second-order valence-electron chi connectivity index (χ2n) is 6.07. The first-order valence-corrected chi connectivity index (χ1v) is 9.05. The Bertz CT molecular complexity index is 737. The summed E-state index contributed by atoms with van der Waals surface area (Å²) in [6.45, 7) is 4.47. The van der Waals surface area contributed by atoms with Crippen LogP contribution < -0.4 is 0 Å². The van der Waals surface area contributed by atoms with Crippen molar-refractivity contribution in [3.63, 3.8) is 0 Å². The molecule has 3 aromatic rings. The van der Waals surface area contributed by atoms with Crippen molar-refractivity contribution in [2.24, 2.45) is 0 Å². The van der Waals surface area contributed by atoms with E-state index in [4.69, 9.17) is 0 Å². The first-order chi connectivity index (χ1) is 11.4. The minimum absolute atomic E-state index is 0.914. The van der Waals surface area contributed by atoms with Crippen LogP contribution in [0.5, 0.6) is 0 Å². The maximum Gasteiger partial charge on any atom is 0.150 e. The van der Waals surface area contributed by atoms with Crippen LogP contribution in [0.3, 0.4) is 0 Å². The van der Waals surface area contributed by atoms with E-state index in [0.29, 0.717) is 0 Å². The van der Waals surface area contributed by atoms with Crippen LogP contribution in [-0.4, -0.2) is 37.5 Å². The van der Waals surface area contributed by atoms with Crippen LogP contribution in [0.1, 0.15) is 24.1 Å². The number of nitrogens with one attached hydrogen (secondary N) is 1. The number of imidazole rings is 2. The fourth-order valence-electron chi connectivity index (χ4n) is 3.15. The van der Waals surface area contributed by atoms with Gasteiger partial charge in [-0.3, -0.25) is 4.90 Å². The number of hydrogen-bond acceptors (Lipinski definition) is 4. The van der Waals surface area contributed by atoms with E-state index in [-0.39, 0.29) is 0 Å². The quantitative estimate of drug-likeness (QED) is 0.756. The lowest BCUT2D eigenvalue weighted by Crippen LogP contribution is -2.17. The molecule has 5 nitrogen and oxygen atoms in total. The van der Waals surface area contributed by atoms with Gasteiger partial charge in [-0.05, 0) is 42.9 Å². The van der Waals surface area contributed by atoms with E-state index in [1.807, 2.05) is 12.4 Å². The molecular formula is C17H21N5S. The number of rotatable bonds is 6. The molecule has 1 saturated heterocycles. The van der Waals surface area contributed by atoms with Gasteiger partial charge in [0.2, 0.25) is 0 Å². The molecule has 1 aliphatic heterocycles. The van der Waals surface area contributed by atoms with E-state index in [2.05, 4.69) is 42.1 Å². The highest BCUT2D eigenvalue weighted by Crippen LogP contribution is 2.27. The zero-order valence-electron chi connectivity index (χ0n) is 13.1. The number of hydrogen-bond donors (Lipinski definition) is 1. The van der Waals surface area contributed by atoms with Gasteiger partial charge in [0.05, 0.1) is 11.2 Å². The summed E-state index contributed by atoms with van der Waals surface area (Å²) in [6.07, 6.45) is 11.2. The highest BCUT2D eigenvalue weighted by Gasteiger charge is 2.14. The summed E-state index contributed by atoms with van der Waals surface area (Å²) in [5.41, 5.74) is 2.57. The highest BCUT2D eigenvalue weighted by molar-refractivity contribution is 7.13. The first kappa shape index (κ1) is 14.7. The van der Waals surface area contributed by atoms with Crippen LogP contribution in [0.25, 0.3) is 10.7 Å². The Hall–Kier alpha value is -1.92. The lowest BCUT2D eigenvalue weighted by Gasteiger charge is -2.12. The van der Waals surface area contributed by atoms with E-state index in [0.717, 1.165) is 31.0 Å². The molecule has 120 valence electrons. The van der Waals surface area contributed by atoms with E-state index in [1.165, 1.54) is 36.4 Å². The van der Waals surface area contributed by atoms with E-state index in [9.17, 15) is 0 Å². The Morgan fingerprint density at radius 1 is 1.26 bits per heavy atom. The Balaban J connectivity index is 1.45. The third-order valence-corrected chi connectivity index (χ3v) is 5.35. The van der Waals surface area contributed by atoms with Crippen LogP contribution in [0, 0.1) is 0 Å². The van der Waals surface area contributed by atoms with Crippen LogP contribution in [0.2, 0.25) is 0 Å². The largest absolute Gasteiger partial charge is 0.348 e. The van der Waals surface area contributed by atoms with E-state index in [1.54, 1.807) is 17.7 Å². The second kappa shape index (κ2) is 6.68. The fourth-order valence-corrected chi connectivity index (χ4v) is 4.07. The molecule has 0 radical (unpaired) electrons. The zero-order valence-corrected chi connectivity index (χ0v) is 13.9. The Morgan fingerprint density at radius 3 is 3.00 bits per heavy atom. The summed E-state index contributed by atoms with van der Waals surface area (Å²) >= 11 is 1.80. The molecule has 0 atom stereocenters. The molecule has 0 spiro atoms. The molecular weight excluding hydrogens is 306 g/mol. The van der Waals surface area contributed by atoms with Crippen LogP contribution in [-0.2, 0) is 19.5 Å². The predicted octanol–water partition coefficient (Wildman–Crippen LogP) is 3.17. The molecule has 0 aliphatic carbocycles. The molecule has 23 heavy (non-hydrogen) atoms. The summed E-state index contributed by atoms with van der Waals surface area (Å²) < 4.78 is 2.23. The number of H-pyrrole nitrogens is 1. The van der Waals surface area contributed by atoms with Crippen molar-refractivity contribution in [2.45, 2.75) is 32.4 Å². The minimum Gasteiger partial charge on any atom is -0.348 e. The van der Waals surface area contributed by atoms with Gasteiger partial charge in [0.1, 0.15) is 5.82 Å². The number of thiophene rings is 1. The minimum atomic E-state index is 0.914. The third-order valence-electron chi connectivity index (χ3n) is 4.37. The van der Waals surface area contributed by atoms with Crippen molar-refractivity contribution >= 4 is 11.3 Å². The smallest absolute Gasteiger partial charge is 0.150 e. The van der Waals surface area contributed by atoms with Gasteiger partial charge in [-0.1, -0.05) is 0 Å². The molecule has 1 N–H and O–H groups in total. The SMILES string of the molecule is c1cn(CCc2cnc[nH]2)c(-c2cc(CN3CCCC3)cs2)n1. The van der Waals surface area contributed by atoms with E-state index < -0.39 is 0 Å². The topological polar surface area (TPSA) is 49.7 Å². The standard InChI is InChI=1S/C17H21N5S/c1-2-6-21(5-1)11-14-9-16(23-12-14)17-19-4-8-22(17)7-3-15-10-18-13-20-15/h4,8-10,12-13H,1-3,5-7,11H2,(H,18,20). The number of aryl methyl sites for hydroxylation is 2. The van der Waals surface area contributed by atoms with Crippen molar-refractivity contribution < 1.29 is 0 Å². The maximum atomic E-state index is 4.57. The van der Waals surface area contributed by atoms with Gasteiger partial charge in [-0.15, -0.1) is 11.3 Å². The van der Waals surface area contributed by atoms with Gasteiger partial charge in [0, 0.05) is 43.8 Å². The van der Waals surface area contributed by atoms with Gasteiger partial charge >= 0.3 is 0 Å². The monoisotopic (exact) mass is 327 g/mol. The number of aromatic amines is 1. The van der Waals surface area contributed by atoms with Crippen LogP contribution in [0.15, 0.2) is 36.4 Å². The van der Waals surface area contributed by atoms with Crippen LogP contribution >= 0.6 is 11.3 Å². The number of likely N-dealkylation sites (tertiary alicyclic amines) is 1. The van der Waals surface area contributed by atoms with Gasteiger partial charge < -0.3 is 9.55 Å².